The van der Waals surface area contributed by atoms with E-state index in [2.05, 4.69) is 15.9 Å². The lowest BCUT2D eigenvalue weighted by Crippen LogP contribution is -2.15. The summed E-state index contributed by atoms with van der Waals surface area (Å²) < 4.78 is 13.1. The van der Waals surface area contributed by atoms with E-state index < -0.39 is 5.82 Å². The van der Waals surface area contributed by atoms with Gasteiger partial charge in [0.25, 0.3) is 0 Å². The summed E-state index contributed by atoms with van der Waals surface area (Å²) in [4.78, 5) is 11.1. The fourth-order valence-corrected chi connectivity index (χ4v) is 2.02. The summed E-state index contributed by atoms with van der Waals surface area (Å²) in [6.45, 7) is 1.80. The molecule has 1 unspecified atom stereocenters. The molecule has 0 bridgehead atoms. The Labute approximate surface area is 102 Å². The third-order valence-electron chi connectivity index (χ3n) is 2.10. The number of carbonyl (C=O) groups is 1. The van der Waals surface area contributed by atoms with E-state index >= 15 is 0 Å². The van der Waals surface area contributed by atoms with E-state index in [-0.39, 0.29) is 15.6 Å². The normalized spacial score (nSPS) is 12.5. The standard InChI is InChI=1S/C11H11BrClFO/c1-2-11(15)8(12)5-7-3-4-9(13)10(14)6-7/h3-4,6,8H,2,5H2,1H3. The van der Waals surface area contributed by atoms with E-state index in [0.717, 1.165) is 5.56 Å². The molecule has 0 aromatic heterocycles. The van der Waals surface area contributed by atoms with Gasteiger partial charge in [0, 0.05) is 6.42 Å². The van der Waals surface area contributed by atoms with Gasteiger partial charge in [-0.3, -0.25) is 4.79 Å². The van der Waals surface area contributed by atoms with Crippen LogP contribution in [-0.4, -0.2) is 10.6 Å². The third kappa shape index (κ3) is 3.58. The van der Waals surface area contributed by atoms with Gasteiger partial charge in [0.05, 0.1) is 9.85 Å². The first-order valence-corrected chi connectivity index (χ1v) is 5.94. The zero-order valence-corrected chi connectivity index (χ0v) is 10.6. The Hall–Kier alpha value is -0.410. The Kier molecular flexibility index (Phi) is 4.74. The zero-order valence-electron chi connectivity index (χ0n) is 8.27. The summed E-state index contributed by atoms with van der Waals surface area (Å²) >= 11 is 8.83. The van der Waals surface area contributed by atoms with Gasteiger partial charge in [-0.1, -0.05) is 40.5 Å². The molecule has 15 heavy (non-hydrogen) atoms. The molecule has 1 rings (SSSR count). The molecule has 0 amide bonds. The van der Waals surface area contributed by atoms with Crippen molar-refractivity contribution in [1.82, 2.24) is 0 Å². The van der Waals surface area contributed by atoms with Gasteiger partial charge < -0.3 is 0 Å². The molecule has 1 aromatic carbocycles. The Morgan fingerprint density at radius 3 is 2.80 bits per heavy atom. The molecule has 1 nitrogen and oxygen atoms in total. The molecular weight excluding hydrogens is 282 g/mol. The number of hydrogen-bond acceptors (Lipinski definition) is 1. The van der Waals surface area contributed by atoms with Crippen molar-refractivity contribution in [2.24, 2.45) is 0 Å². The van der Waals surface area contributed by atoms with Gasteiger partial charge >= 0.3 is 0 Å². The first kappa shape index (κ1) is 12.7. The van der Waals surface area contributed by atoms with Crippen LogP contribution in [0.5, 0.6) is 0 Å². The minimum atomic E-state index is -0.446. The van der Waals surface area contributed by atoms with E-state index in [1.54, 1.807) is 13.0 Å². The van der Waals surface area contributed by atoms with Crippen LogP contribution in [0.3, 0.4) is 0 Å². The van der Waals surface area contributed by atoms with Gasteiger partial charge in [0.15, 0.2) is 0 Å². The molecule has 4 heteroatoms. The van der Waals surface area contributed by atoms with Crippen LogP contribution in [0.4, 0.5) is 4.39 Å². The highest BCUT2D eigenvalue weighted by atomic mass is 79.9. The molecule has 0 spiro atoms. The maximum absolute atomic E-state index is 13.1. The number of carbonyl (C=O) groups excluding carboxylic acids is 1. The average Bonchev–Trinajstić information content (AvgIpc) is 2.22. The Morgan fingerprint density at radius 2 is 2.27 bits per heavy atom. The highest BCUT2D eigenvalue weighted by Gasteiger charge is 2.13. The van der Waals surface area contributed by atoms with Gasteiger partial charge in [-0.15, -0.1) is 0 Å². The molecule has 0 heterocycles. The van der Waals surface area contributed by atoms with Crippen molar-refractivity contribution in [2.45, 2.75) is 24.6 Å². The highest BCUT2D eigenvalue weighted by molar-refractivity contribution is 9.10. The summed E-state index contributed by atoms with van der Waals surface area (Å²) in [5.41, 5.74) is 0.764. The maximum atomic E-state index is 13.1. The number of ketones is 1. The Bertz CT molecular complexity index is 368. The van der Waals surface area contributed by atoms with Crippen LogP contribution < -0.4 is 0 Å². The summed E-state index contributed by atoms with van der Waals surface area (Å²) in [5.74, 6) is -0.330. The molecule has 0 aliphatic carbocycles. The molecule has 0 N–H and O–H groups in total. The molecule has 0 aliphatic rings. The summed E-state index contributed by atoms with van der Waals surface area (Å²) in [5, 5.41) is 0.103. The van der Waals surface area contributed by atoms with E-state index in [1.807, 2.05) is 0 Å². The average molecular weight is 294 g/mol. The first-order chi connectivity index (χ1) is 7.04. The molecular formula is C11H11BrClFO. The smallest absolute Gasteiger partial charge is 0.146 e. The Balaban J connectivity index is 2.73. The van der Waals surface area contributed by atoms with Crippen molar-refractivity contribution in [1.29, 1.82) is 0 Å². The second-order valence-electron chi connectivity index (χ2n) is 3.24. The Morgan fingerprint density at radius 1 is 1.60 bits per heavy atom. The van der Waals surface area contributed by atoms with Gasteiger partial charge in [-0.25, -0.2) is 4.39 Å². The van der Waals surface area contributed by atoms with Crippen LogP contribution in [0.2, 0.25) is 5.02 Å². The van der Waals surface area contributed by atoms with Crippen molar-refractivity contribution in [3.63, 3.8) is 0 Å². The van der Waals surface area contributed by atoms with E-state index in [4.69, 9.17) is 11.6 Å². The van der Waals surface area contributed by atoms with Crippen molar-refractivity contribution < 1.29 is 9.18 Å². The van der Waals surface area contributed by atoms with Crippen molar-refractivity contribution in [3.05, 3.63) is 34.6 Å². The van der Waals surface area contributed by atoms with Crippen molar-refractivity contribution in [2.75, 3.05) is 0 Å². The van der Waals surface area contributed by atoms with Crippen molar-refractivity contribution >= 4 is 33.3 Å². The quantitative estimate of drug-likeness (QED) is 0.773. The van der Waals surface area contributed by atoms with Crippen LogP contribution in [0.1, 0.15) is 18.9 Å². The predicted octanol–water partition coefficient (Wildman–Crippen LogP) is 3.76. The van der Waals surface area contributed by atoms with Crippen LogP contribution >= 0.6 is 27.5 Å². The van der Waals surface area contributed by atoms with E-state index in [1.165, 1.54) is 12.1 Å². The van der Waals surface area contributed by atoms with E-state index in [9.17, 15) is 9.18 Å². The van der Waals surface area contributed by atoms with Crippen molar-refractivity contribution in [3.8, 4) is 0 Å². The summed E-state index contributed by atoms with van der Waals surface area (Å²) in [7, 11) is 0. The molecule has 0 radical (unpaired) electrons. The topological polar surface area (TPSA) is 17.1 Å². The molecule has 1 aromatic rings. The van der Waals surface area contributed by atoms with Gasteiger partial charge in [0.2, 0.25) is 0 Å². The second kappa shape index (κ2) is 5.61. The van der Waals surface area contributed by atoms with Crippen LogP contribution in [0.25, 0.3) is 0 Å². The number of hydrogen-bond donors (Lipinski definition) is 0. The third-order valence-corrected chi connectivity index (χ3v) is 3.24. The molecule has 0 aliphatic heterocycles. The molecule has 1 atom stereocenters. The zero-order chi connectivity index (χ0) is 11.4. The molecule has 82 valence electrons. The number of benzene rings is 1. The van der Waals surface area contributed by atoms with Crippen LogP contribution in [-0.2, 0) is 11.2 Å². The highest BCUT2D eigenvalue weighted by Crippen LogP contribution is 2.18. The molecule has 0 saturated heterocycles. The summed E-state index contributed by atoms with van der Waals surface area (Å²) in [6.07, 6.45) is 0.965. The number of alkyl halides is 1. The lowest BCUT2D eigenvalue weighted by Gasteiger charge is -2.07. The molecule has 0 saturated carbocycles. The predicted molar refractivity (Wildman–Crippen MR) is 63.1 cm³/mol. The SMILES string of the molecule is CCC(=O)C(Br)Cc1ccc(Cl)c(F)c1. The minimum absolute atomic E-state index is 0.103. The van der Waals surface area contributed by atoms with Crippen LogP contribution in [0, 0.1) is 5.82 Å². The van der Waals surface area contributed by atoms with Gasteiger partial charge in [0.1, 0.15) is 11.6 Å². The first-order valence-electron chi connectivity index (χ1n) is 4.65. The van der Waals surface area contributed by atoms with Gasteiger partial charge in [-0.05, 0) is 24.1 Å². The maximum Gasteiger partial charge on any atom is 0.146 e. The monoisotopic (exact) mass is 292 g/mol. The van der Waals surface area contributed by atoms with E-state index in [0.29, 0.717) is 12.8 Å². The fourth-order valence-electron chi connectivity index (χ4n) is 1.21. The number of Topliss-reactive ketones (excluding diaryl/α,β-unsaturated/α-hetero) is 1. The summed E-state index contributed by atoms with van der Waals surface area (Å²) in [6, 6.07) is 4.59. The lowest BCUT2D eigenvalue weighted by atomic mass is 10.1. The number of halogens is 3. The largest absolute Gasteiger partial charge is 0.298 e. The second-order valence-corrected chi connectivity index (χ2v) is 4.75. The molecule has 0 fully saturated rings. The minimum Gasteiger partial charge on any atom is -0.298 e. The van der Waals surface area contributed by atoms with Crippen LogP contribution in [0.15, 0.2) is 18.2 Å². The van der Waals surface area contributed by atoms with Gasteiger partial charge in [-0.2, -0.15) is 0 Å². The lowest BCUT2D eigenvalue weighted by molar-refractivity contribution is -0.118. The number of rotatable bonds is 4. The fraction of sp³-hybridized carbons (Fsp3) is 0.364.